The van der Waals surface area contributed by atoms with E-state index in [9.17, 15) is 0 Å². The molecule has 3 rings (SSSR count). The Morgan fingerprint density at radius 2 is 2.15 bits per heavy atom. The number of hydrogen-bond donors (Lipinski definition) is 0. The molecule has 20 heavy (non-hydrogen) atoms. The number of ether oxygens (including phenoxy) is 2. The number of benzene rings is 1. The molecule has 0 saturated heterocycles. The van der Waals surface area contributed by atoms with Crippen LogP contribution in [0, 0.1) is 6.92 Å². The Kier molecular flexibility index (Phi) is 3.94. The summed E-state index contributed by atoms with van der Waals surface area (Å²) < 4.78 is 11.9. The summed E-state index contributed by atoms with van der Waals surface area (Å²) in [6.07, 6.45) is 1.19. The first-order valence-electron chi connectivity index (χ1n) is 6.97. The van der Waals surface area contributed by atoms with Gasteiger partial charge in [0.2, 0.25) is 0 Å². The van der Waals surface area contributed by atoms with E-state index in [1.54, 1.807) is 0 Å². The quantitative estimate of drug-likeness (QED) is 0.795. The second kappa shape index (κ2) is 5.70. The van der Waals surface area contributed by atoms with Crippen LogP contribution in [0.5, 0.6) is 5.75 Å². The molecule has 1 aromatic heterocycles. The molecule has 0 radical (unpaired) electrons. The van der Waals surface area contributed by atoms with Crippen molar-refractivity contribution < 1.29 is 9.47 Å². The van der Waals surface area contributed by atoms with Gasteiger partial charge in [0.25, 0.3) is 0 Å². The summed E-state index contributed by atoms with van der Waals surface area (Å²) in [6, 6.07) is 10.2. The average molecular weight is 336 g/mol. The van der Waals surface area contributed by atoms with Crippen LogP contribution < -0.4 is 4.74 Å². The molecule has 1 heterocycles. The van der Waals surface area contributed by atoms with Crippen LogP contribution in [-0.4, -0.2) is 28.6 Å². The second-order valence-electron chi connectivity index (χ2n) is 5.11. The van der Waals surface area contributed by atoms with E-state index in [0.717, 1.165) is 28.8 Å². The second-order valence-corrected chi connectivity index (χ2v) is 6.28. The molecule has 2 aromatic rings. The van der Waals surface area contributed by atoms with Crippen molar-refractivity contribution >= 4 is 26.8 Å². The molecule has 0 N–H and O–H groups in total. The third-order valence-corrected chi connectivity index (χ3v) is 4.54. The minimum Gasteiger partial charge on any atom is -0.485 e. The van der Waals surface area contributed by atoms with Crippen LogP contribution in [-0.2, 0) is 4.74 Å². The molecule has 0 spiro atoms. The van der Waals surface area contributed by atoms with Crippen molar-refractivity contribution in [3.8, 4) is 5.75 Å². The number of pyridine rings is 1. The fourth-order valence-electron chi connectivity index (χ4n) is 2.52. The zero-order chi connectivity index (χ0) is 14.1. The van der Waals surface area contributed by atoms with Gasteiger partial charge in [-0.3, -0.25) is 0 Å². The number of aryl methyl sites for hydroxylation is 1. The number of nitrogens with zero attached hydrogens (tertiary/aromatic N) is 1. The van der Waals surface area contributed by atoms with Gasteiger partial charge in [0.15, 0.2) is 0 Å². The van der Waals surface area contributed by atoms with Crippen molar-refractivity contribution in [2.75, 3.05) is 6.61 Å². The Morgan fingerprint density at radius 3 is 2.90 bits per heavy atom. The van der Waals surface area contributed by atoms with Crippen LogP contribution in [0.1, 0.15) is 19.0 Å². The molecule has 1 aliphatic carbocycles. The summed E-state index contributed by atoms with van der Waals surface area (Å²) >= 11 is 3.62. The lowest BCUT2D eigenvalue weighted by Gasteiger charge is -2.40. The van der Waals surface area contributed by atoms with E-state index < -0.39 is 0 Å². The van der Waals surface area contributed by atoms with Crippen molar-refractivity contribution in [2.24, 2.45) is 0 Å². The van der Waals surface area contributed by atoms with E-state index in [1.807, 2.05) is 32.0 Å². The summed E-state index contributed by atoms with van der Waals surface area (Å²) in [5, 5.41) is 1.11. The largest absolute Gasteiger partial charge is 0.485 e. The van der Waals surface area contributed by atoms with Gasteiger partial charge in [0, 0.05) is 28.9 Å². The van der Waals surface area contributed by atoms with E-state index in [4.69, 9.17) is 9.47 Å². The van der Waals surface area contributed by atoms with Gasteiger partial charge in [-0.1, -0.05) is 34.1 Å². The zero-order valence-corrected chi connectivity index (χ0v) is 13.3. The monoisotopic (exact) mass is 335 g/mol. The van der Waals surface area contributed by atoms with Crippen LogP contribution >= 0.6 is 15.9 Å². The third kappa shape index (κ3) is 2.54. The van der Waals surface area contributed by atoms with Crippen LogP contribution in [0.2, 0.25) is 0 Å². The van der Waals surface area contributed by atoms with E-state index >= 15 is 0 Å². The SMILES string of the molecule is CCOC1C(Br)CC1Oc1cccc2ccc(C)nc12. The van der Waals surface area contributed by atoms with E-state index in [1.165, 1.54) is 0 Å². The fraction of sp³-hybridized carbons (Fsp3) is 0.438. The minimum atomic E-state index is 0.104. The lowest BCUT2D eigenvalue weighted by molar-refractivity contribution is -0.0718. The number of rotatable bonds is 4. The number of hydrogen-bond acceptors (Lipinski definition) is 3. The Balaban J connectivity index is 1.86. The number of fused-ring (bicyclic) bond motifs is 1. The van der Waals surface area contributed by atoms with Crippen LogP contribution in [0.4, 0.5) is 0 Å². The normalized spacial score (nSPS) is 25.4. The van der Waals surface area contributed by atoms with Crippen LogP contribution in [0.3, 0.4) is 0 Å². The Labute approximate surface area is 127 Å². The third-order valence-electron chi connectivity index (χ3n) is 3.64. The molecule has 106 valence electrons. The van der Waals surface area contributed by atoms with Crippen molar-refractivity contribution in [3.63, 3.8) is 0 Å². The van der Waals surface area contributed by atoms with E-state index in [-0.39, 0.29) is 12.2 Å². The maximum absolute atomic E-state index is 6.14. The van der Waals surface area contributed by atoms with Gasteiger partial charge in [0.1, 0.15) is 23.5 Å². The first kappa shape index (κ1) is 13.8. The molecule has 0 aliphatic heterocycles. The van der Waals surface area contributed by atoms with Gasteiger partial charge in [-0.2, -0.15) is 0 Å². The van der Waals surface area contributed by atoms with Crippen molar-refractivity contribution in [3.05, 3.63) is 36.0 Å². The molecule has 1 saturated carbocycles. The molecule has 3 unspecified atom stereocenters. The summed E-state index contributed by atoms with van der Waals surface area (Å²) in [7, 11) is 0. The van der Waals surface area contributed by atoms with Gasteiger partial charge in [-0.25, -0.2) is 4.98 Å². The highest BCUT2D eigenvalue weighted by molar-refractivity contribution is 9.09. The summed E-state index contributed by atoms with van der Waals surface area (Å²) in [5.41, 5.74) is 1.93. The highest BCUT2D eigenvalue weighted by atomic mass is 79.9. The predicted molar refractivity (Wildman–Crippen MR) is 83.6 cm³/mol. The van der Waals surface area contributed by atoms with Gasteiger partial charge >= 0.3 is 0 Å². The van der Waals surface area contributed by atoms with Gasteiger partial charge in [0.05, 0.1) is 0 Å². The number of para-hydroxylation sites is 1. The average Bonchev–Trinajstić information content (AvgIpc) is 2.45. The Bertz CT molecular complexity index is 616. The van der Waals surface area contributed by atoms with Crippen molar-refractivity contribution in [2.45, 2.75) is 37.3 Å². The molecule has 3 nitrogen and oxygen atoms in total. The number of aromatic nitrogens is 1. The van der Waals surface area contributed by atoms with Crippen molar-refractivity contribution in [1.82, 2.24) is 4.98 Å². The molecule has 1 aliphatic rings. The molecule has 4 heteroatoms. The molecule has 0 bridgehead atoms. The standard InChI is InChI=1S/C16H18BrNO2/c1-3-19-16-12(17)9-14(16)20-13-6-4-5-11-8-7-10(2)18-15(11)13/h4-8,12,14,16H,3,9H2,1-2H3. The summed E-state index contributed by atoms with van der Waals surface area (Å²) in [4.78, 5) is 4.99. The highest BCUT2D eigenvalue weighted by Crippen LogP contribution is 2.35. The molecule has 3 atom stereocenters. The van der Waals surface area contributed by atoms with Gasteiger partial charge in [-0.05, 0) is 26.0 Å². The van der Waals surface area contributed by atoms with E-state index in [0.29, 0.717) is 11.4 Å². The fourth-order valence-corrected chi connectivity index (χ4v) is 3.38. The van der Waals surface area contributed by atoms with Crippen LogP contribution in [0.25, 0.3) is 10.9 Å². The van der Waals surface area contributed by atoms with Crippen molar-refractivity contribution in [1.29, 1.82) is 0 Å². The lowest BCUT2D eigenvalue weighted by atomic mass is 9.91. The topological polar surface area (TPSA) is 31.4 Å². The number of alkyl halides is 1. The van der Waals surface area contributed by atoms with E-state index in [2.05, 4.69) is 33.0 Å². The molecule has 0 amide bonds. The molecule has 1 aromatic carbocycles. The van der Waals surface area contributed by atoms with Gasteiger partial charge < -0.3 is 9.47 Å². The predicted octanol–water partition coefficient (Wildman–Crippen LogP) is 3.86. The number of halogens is 1. The first-order valence-corrected chi connectivity index (χ1v) is 7.89. The first-order chi connectivity index (χ1) is 9.69. The maximum Gasteiger partial charge on any atom is 0.146 e. The van der Waals surface area contributed by atoms with Gasteiger partial charge in [-0.15, -0.1) is 0 Å². The molecular formula is C16H18BrNO2. The smallest absolute Gasteiger partial charge is 0.146 e. The summed E-state index contributed by atoms with van der Waals surface area (Å²) in [5.74, 6) is 0.848. The zero-order valence-electron chi connectivity index (χ0n) is 11.7. The molecular weight excluding hydrogens is 318 g/mol. The Hall–Kier alpha value is -1.13. The summed E-state index contributed by atoms with van der Waals surface area (Å²) in [6.45, 7) is 4.72. The lowest BCUT2D eigenvalue weighted by Crippen LogP contribution is -2.52. The molecule has 1 fully saturated rings. The minimum absolute atomic E-state index is 0.104. The van der Waals surface area contributed by atoms with Crippen LogP contribution in [0.15, 0.2) is 30.3 Å². The maximum atomic E-state index is 6.14. The Morgan fingerprint density at radius 1 is 1.30 bits per heavy atom. The highest BCUT2D eigenvalue weighted by Gasteiger charge is 2.42.